The summed E-state index contributed by atoms with van der Waals surface area (Å²) in [5.74, 6) is 2.20. The van der Waals surface area contributed by atoms with Crippen LogP contribution in [0, 0.1) is 5.92 Å². The monoisotopic (exact) mass is 203 g/mol. The maximum Gasteiger partial charge on any atom is -0.00207 e. The van der Waals surface area contributed by atoms with E-state index in [1.165, 1.54) is 44.5 Å². The highest BCUT2D eigenvalue weighted by molar-refractivity contribution is 7.98. The van der Waals surface area contributed by atoms with Crippen molar-refractivity contribution >= 4 is 11.8 Å². The highest BCUT2D eigenvalue weighted by Gasteiger charge is 2.00. The molecule has 0 rings (SSSR count). The zero-order chi connectivity index (χ0) is 9.94. The van der Waals surface area contributed by atoms with E-state index in [9.17, 15) is 0 Å². The van der Waals surface area contributed by atoms with Gasteiger partial charge < -0.3 is 5.32 Å². The number of rotatable bonds is 9. The van der Waals surface area contributed by atoms with E-state index in [4.69, 9.17) is 0 Å². The molecule has 2 heteroatoms. The van der Waals surface area contributed by atoms with Gasteiger partial charge in [-0.2, -0.15) is 11.8 Å². The highest BCUT2D eigenvalue weighted by Crippen LogP contribution is 2.05. The van der Waals surface area contributed by atoms with Crippen molar-refractivity contribution in [3.8, 4) is 0 Å². The molecule has 0 heterocycles. The second-order valence-corrected chi connectivity index (χ2v) is 4.57. The largest absolute Gasteiger partial charge is 0.316 e. The first kappa shape index (κ1) is 13.3. The minimum atomic E-state index is 0.889. The Balaban J connectivity index is 3.05. The molecule has 0 unspecified atom stereocenters. The zero-order valence-corrected chi connectivity index (χ0v) is 10.3. The molecule has 0 aromatic rings. The van der Waals surface area contributed by atoms with E-state index < -0.39 is 0 Å². The molecule has 13 heavy (non-hydrogen) atoms. The van der Waals surface area contributed by atoms with E-state index in [1.54, 1.807) is 0 Å². The molecule has 1 N–H and O–H groups in total. The average Bonchev–Trinajstić information content (AvgIpc) is 2.17. The van der Waals surface area contributed by atoms with E-state index in [0.717, 1.165) is 5.92 Å². The molecule has 0 spiro atoms. The summed E-state index contributed by atoms with van der Waals surface area (Å²) in [6.07, 6.45) is 7.50. The van der Waals surface area contributed by atoms with Crippen LogP contribution in [0.1, 0.15) is 39.5 Å². The second-order valence-electron chi connectivity index (χ2n) is 3.59. The first-order chi connectivity index (χ1) is 6.35. The minimum Gasteiger partial charge on any atom is -0.316 e. The molecule has 0 aliphatic rings. The molecule has 1 nitrogen and oxygen atoms in total. The van der Waals surface area contributed by atoms with Gasteiger partial charge >= 0.3 is 0 Å². The van der Waals surface area contributed by atoms with Crippen LogP contribution in [0.15, 0.2) is 0 Å². The van der Waals surface area contributed by atoms with Crippen LogP contribution < -0.4 is 5.32 Å². The maximum absolute atomic E-state index is 3.54. The van der Waals surface area contributed by atoms with Crippen molar-refractivity contribution in [1.29, 1.82) is 0 Å². The van der Waals surface area contributed by atoms with Crippen LogP contribution in [-0.4, -0.2) is 25.1 Å². The maximum atomic E-state index is 3.54. The van der Waals surface area contributed by atoms with Crippen molar-refractivity contribution < 1.29 is 0 Å². The fourth-order valence-electron chi connectivity index (χ4n) is 1.38. The molecule has 0 aromatic heterocycles. The summed E-state index contributed by atoms with van der Waals surface area (Å²) in [4.78, 5) is 0. The molecule has 0 saturated heterocycles. The molecule has 80 valence electrons. The lowest BCUT2D eigenvalue weighted by molar-refractivity contribution is 0.447. The summed E-state index contributed by atoms with van der Waals surface area (Å²) in [7, 11) is 0. The van der Waals surface area contributed by atoms with Crippen LogP contribution in [-0.2, 0) is 0 Å². The lowest BCUT2D eigenvalue weighted by Crippen LogP contribution is -2.23. The van der Waals surface area contributed by atoms with Crippen LogP contribution in [0.3, 0.4) is 0 Å². The lowest BCUT2D eigenvalue weighted by atomic mass is 10.0. The second kappa shape index (κ2) is 10.4. The molecule has 0 bridgehead atoms. The van der Waals surface area contributed by atoms with Gasteiger partial charge in [-0.05, 0) is 43.9 Å². The third-order valence-electron chi connectivity index (χ3n) is 2.54. The van der Waals surface area contributed by atoms with Crippen molar-refractivity contribution in [2.45, 2.75) is 39.5 Å². The number of hydrogen-bond acceptors (Lipinski definition) is 2. The first-order valence-electron chi connectivity index (χ1n) is 5.54. The third kappa shape index (κ3) is 8.63. The molecular formula is C11H25NS. The third-order valence-corrected chi connectivity index (χ3v) is 3.24. The van der Waals surface area contributed by atoms with E-state index >= 15 is 0 Å². The number of hydrogen-bond donors (Lipinski definition) is 1. The predicted octanol–water partition coefficient (Wildman–Crippen LogP) is 3.16. The van der Waals surface area contributed by atoms with Gasteiger partial charge in [0.05, 0.1) is 0 Å². The molecule has 0 aliphatic heterocycles. The standard InChI is InChI=1S/C11H25NS/c1-4-11(5-2)10-12-8-6-7-9-13-3/h11-12H,4-10H2,1-3H3. The van der Waals surface area contributed by atoms with Crippen molar-refractivity contribution in [2.75, 3.05) is 25.1 Å². The van der Waals surface area contributed by atoms with Crippen molar-refractivity contribution in [3.05, 3.63) is 0 Å². The Hall–Kier alpha value is 0.310. The molecular weight excluding hydrogens is 178 g/mol. The average molecular weight is 203 g/mol. The Bertz CT molecular complexity index is 92.1. The molecule has 0 atom stereocenters. The topological polar surface area (TPSA) is 12.0 Å². The number of thioether (sulfide) groups is 1. The predicted molar refractivity (Wildman–Crippen MR) is 64.6 cm³/mol. The van der Waals surface area contributed by atoms with E-state index in [0.29, 0.717) is 0 Å². The summed E-state index contributed by atoms with van der Waals surface area (Å²) in [6.45, 7) is 6.98. The quantitative estimate of drug-likeness (QED) is 0.578. The summed E-state index contributed by atoms with van der Waals surface area (Å²) >= 11 is 1.95. The Labute approximate surface area is 88.1 Å². The van der Waals surface area contributed by atoms with Gasteiger partial charge in [0.1, 0.15) is 0 Å². The van der Waals surface area contributed by atoms with E-state index in [-0.39, 0.29) is 0 Å². The SMILES string of the molecule is CCC(CC)CNCCCCSC. The van der Waals surface area contributed by atoms with Gasteiger partial charge in [0.2, 0.25) is 0 Å². The zero-order valence-electron chi connectivity index (χ0n) is 9.44. The van der Waals surface area contributed by atoms with Gasteiger partial charge in [0.15, 0.2) is 0 Å². The molecule has 0 amide bonds. The van der Waals surface area contributed by atoms with Crippen LogP contribution in [0.4, 0.5) is 0 Å². The fourth-order valence-corrected chi connectivity index (χ4v) is 1.87. The Morgan fingerprint density at radius 2 is 1.85 bits per heavy atom. The smallest absolute Gasteiger partial charge is 0.00207 e. The Morgan fingerprint density at radius 3 is 2.38 bits per heavy atom. The van der Waals surface area contributed by atoms with Gasteiger partial charge in [-0.25, -0.2) is 0 Å². The van der Waals surface area contributed by atoms with E-state index in [2.05, 4.69) is 25.4 Å². The summed E-state index contributed by atoms with van der Waals surface area (Å²) in [5.41, 5.74) is 0. The number of nitrogens with one attached hydrogen (secondary N) is 1. The van der Waals surface area contributed by atoms with E-state index in [1.807, 2.05) is 11.8 Å². The summed E-state index contributed by atoms with van der Waals surface area (Å²) in [6, 6.07) is 0. The van der Waals surface area contributed by atoms with Gasteiger partial charge in [0.25, 0.3) is 0 Å². The number of unbranched alkanes of at least 4 members (excludes halogenated alkanes) is 1. The van der Waals surface area contributed by atoms with Crippen molar-refractivity contribution in [1.82, 2.24) is 5.32 Å². The van der Waals surface area contributed by atoms with Gasteiger partial charge in [-0.15, -0.1) is 0 Å². The lowest BCUT2D eigenvalue weighted by Gasteiger charge is -2.12. The Kier molecular flexibility index (Phi) is 10.6. The molecule has 0 saturated carbocycles. The Morgan fingerprint density at radius 1 is 1.15 bits per heavy atom. The van der Waals surface area contributed by atoms with Crippen molar-refractivity contribution in [2.24, 2.45) is 5.92 Å². The molecule has 0 radical (unpaired) electrons. The minimum absolute atomic E-state index is 0.889. The van der Waals surface area contributed by atoms with Crippen molar-refractivity contribution in [3.63, 3.8) is 0 Å². The van der Waals surface area contributed by atoms with Crippen LogP contribution >= 0.6 is 11.8 Å². The molecule has 0 aliphatic carbocycles. The van der Waals surface area contributed by atoms with Crippen LogP contribution in [0.2, 0.25) is 0 Å². The molecule has 0 aromatic carbocycles. The fraction of sp³-hybridized carbons (Fsp3) is 1.00. The van der Waals surface area contributed by atoms with Crippen LogP contribution in [0.25, 0.3) is 0 Å². The first-order valence-corrected chi connectivity index (χ1v) is 6.94. The summed E-state index contributed by atoms with van der Waals surface area (Å²) in [5, 5.41) is 3.54. The van der Waals surface area contributed by atoms with Gasteiger partial charge in [-0.3, -0.25) is 0 Å². The highest BCUT2D eigenvalue weighted by atomic mass is 32.2. The van der Waals surface area contributed by atoms with Gasteiger partial charge in [-0.1, -0.05) is 26.7 Å². The van der Waals surface area contributed by atoms with Crippen LogP contribution in [0.5, 0.6) is 0 Å². The van der Waals surface area contributed by atoms with Gasteiger partial charge in [0, 0.05) is 0 Å². The summed E-state index contributed by atoms with van der Waals surface area (Å²) < 4.78 is 0. The normalized spacial score (nSPS) is 11.1. The molecule has 0 fully saturated rings.